The van der Waals surface area contributed by atoms with Crippen molar-refractivity contribution in [2.45, 2.75) is 46.7 Å². The molecule has 0 fully saturated rings. The van der Waals surface area contributed by atoms with Crippen LogP contribution in [-0.2, 0) is 13.1 Å². The molecular weight excluding hydrogens is 212 g/mol. The van der Waals surface area contributed by atoms with Crippen LogP contribution in [0.1, 0.15) is 36.7 Å². The predicted octanol–water partition coefficient (Wildman–Crippen LogP) is 1.69. The highest BCUT2D eigenvalue weighted by atomic mass is 15.3. The Hall–Kier alpha value is -0.870. The van der Waals surface area contributed by atoms with Crippen LogP contribution in [0.4, 0.5) is 0 Å². The lowest BCUT2D eigenvalue weighted by atomic mass is 10.2. The Kier molecular flexibility index (Phi) is 5.65. The number of hydrogen-bond donors (Lipinski definition) is 1. The van der Waals surface area contributed by atoms with Gasteiger partial charge in [-0.15, -0.1) is 0 Å². The van der Waals surface area contributed by atoms with Crippen LogP contribution in [0.3, 0.4) is 0 Å². The Balaban J connectivity index is 2.58. The van der Waals surface area contributed by atoms with E-state index in [9.17, 15) is 0 Å². The van der Waals surface area contributed by atoms with Crippen molar-refractivity contribution >= 4 is 0 Å². The lowest BCUT2D eigenvalue weighted by Gasteiger charge is -2.16. The topological polar surface area (TPSA) is 47.1 Å². The number of nitrogens with two attached hydrogens (primary N) is 1. The molecule has 0 aliphatic carbocycles. The molecule has 1 heterocycles. The van der Waals surface area contributed by atoms with Gasteiger partial charge in [0.05, 0.1) is 5.69 Å². The second-order valence-electron chi connectivity index (χ2n) is 4.70. The van der Waals surface area contributed by atoms with E-state index in [-0.39, 0.29) is 0 Å². The summed E-state index contributed by atoms with van der Waals surface area (Å²) in [6.45, 7) is 10.2. The van der Waals surface area contributed by atoms with Gasteiger partial charge in [0, 0.05) is 24.3 Å². The third kappa shape index (κ3) is 3.82. The van der Waals surface area contributed by atoms with E-state index in [1.165, 1.54) is 17.7 Å². The van der Waals surface area contributed by atoms with E-state index in [0.29, 0.717) is 0 Å². The molecule has 0 atom stereocenters. The summed E-state index contributed by atoms with van der Waals surface area (Å²) in [5.41, 5.74) is 9.35. The largest absolute Gasteiger partial charge is 0.330 e. The first kappa shape index (κ1) is 14.2. The maximum atomic E-state index is 5.51. The van der Waals surface area contributed by atoms with Crippen molar-refractivity contribution in [1.82, 2.24) is 14.7 Å². The van der Waals surface area contributed by atoms with Gasteiger partial charge < -0.3 is 10.6 Å². The zero-order valence-corrected chi connectivity index (χ0v) is 11.7. The quantitative estimate of drug-likeness (QED) is 0.735. The molecule has 2 N–H and O–H groups in total. The van der Waals surface area contributed by atoms with E-state index in [1.807, 2.05) is 0 Å². The average molecular weight is 238 g/mol. The number of aryl methyl sites for hydroxylation is 2. The van der Waals surface area contributed by atoms with Gasteiger partial charge in [-0.1, -0.05) is 0 Å². The Labute approximate surface area is 105 Å². The van der Waals surface area contributed by atoms with Crippen molar-refractivity contribution in [2.24, 2.45) is 5.73 Å². The first-order valence-electron chi connectivity index (χ1n) is 6.51. The molecular formula is C13H26N4. The zero-order chi connectivity index (χ0) is 12.8. The van der Waals surface area contributed by atoms with Crippen molar-refractivity contribution in [2.75, 3.05) is 20.1 Å². The molecule has 0 spiro atoms. The van der Waals surface area contributed by atoms with Gasteiger partial charge in [0.15, 0.2) is 0 Å². The van der Waals surface area contributed by atoms with Crippen LogP contribution in [0.15, 0.2) is 0 Å². The molecule has 0 aliphatic rings. The molecule has 1 aromatic heterocycles. The summed E-state index contributed by atoms with van der Waals surface area (Å²) in [7, 11) is 2.17. The number of unbranched alkanes of at least 4 members (excludes halogenated alkanes) is 1. The van der Waals surface area contributed by atoms with E-state index in [2.05, 4.69) is 42.5 Å². The molecule has 0 amide bonds. The number of hydrogen-bond acceptors (Lipinski definition) is 3. The Bertz CT molecular complexity index is 343. The number of rotatable bonds is 7. The predicted molar refractivity (Wildman–Crippen MR) is 72.0 cm³/mol. The highest BCUT2D eigenvalue weighted by molar-refractivity contribution is 5.24. The molecule has 0 aromatic carbocycles. The Morgan fingerprint density at radius 1 is 1.29 bits per heavy atom. The lowest BCUT2D eigenvalue weighted by molar-refractivity contribution is 0.318. The van der Waals surface area contributed by atoms with Gasteiger partial charge in [0.1, 0.15) is 0 Å². The molecule has 0 bridgehead atoms. The maximum absolute atomic E-state index is 5.51. The first-order valence-corrected chi connectivity index (χ1v) is 6.51. The summed E-state index contributed by atoms with van der Waals surface area (Å²) >= 11 is 0. The standard InChI is InChI=1S/C13H26N4/c1-5-17-12(3)13(11(2)15-17)10-16(4)9-7-6-8-14/h5-10,14H2,1-4H3. The van der Waals surface area contributed by atoms with Crippen molar-refractivity contribution in [1.29, 1.82) is 0 Å². The van der Waals surface area contributed by atoms with E-state index in [4.69, 9.17) is 5.73 Å². The van der Waals surface area contributed by atoms with Gasteiger partial charge in [0.2, 0.25) is 0 Å². The van der Waals surface area contributed by atoms with Gasteiger partial charge in [-0.3, -0.25) is 4.68 Å². The highest BCUT2D eigenvalue weighted by Gasteiger charge is 2.12. The average Bonchev–Trinajstić information content (AvgIpc) is 2.57. The lowest BCUT2D eigenvalue weighted by Crippen LogP contribution is -2.20. The minimum Gasteiger partial charge on any atom is -0.330 e. The molecule has 4 heteroatoms. The molecule has 1 rings (SSSR count). The fourth-order valence-corrected chi connectivity index (χ4v) is 2.15. The van der Waals surface area contributed by atoms with E-state index < -0.39 is 0 Å². The molecule has 1 aromatic rings. The van der Waals surface area contributed by atoms with Crippen LogP contribution in [-0.4, -0.2) is 34.8 Å². The van der Waals surface area contributed by atoms with Gasteiger partial charge in [-0.2, -0.15) is 5.10 Å². The van der Waals surface area contributed by atoms with Crippen LogP contribution in [0.25, 0.3) is 0 Å². The molecule has 0 aliphatic heterocycles. The van der Waals surface area contributed by atoms with E-state index >= 15 is 0 Å². The van der Waals surface area contributed by atoms with Gasteiger partial charge in [-0.25, -0.2) is 0 Å². The van der Waals surface area contributed by atoms with E-state index in [1.54, 1.807) is 0 Å². The Morgan fingerprint density at radius 3 is 2.53 bits per heavy atom. The third-order valence-electron chi connectivity index (χ3n) is 3.25. The molecule has 0 radical (unpaired) electrons. The summed E-state index contributed by atoms with van der Waals surface area (Å²) in [5.74, 6) is 0. The summed E-state index contributed by atoms with van der Waals surface area (Å²) in [6, 6.07) is 0. The van der Waals surface area contributed by atoms with Crippen LogP contribution in [0, 0.1) is 13.8 Å². The van der Waals surface area contributed by atoms with E-state index in [0.717, 1.165) is 38.3 Å². The molecule has 4 nitrogen and oxygen atoms in total. The van der Waals surface area contributed by atoms with Crippen molar-refractivity contribution in [3.63, 3.8) is 0 Å². The van der Waals surface area contributed by atoms with Crippen LogP contribution in [0.2, 0.25) is 0 Å². The SMILES string of the molecule is CCn1nc(C)c(CN(C)CCCCN)c1C. The fourth-order valence-electron chi connectivity index (χ4n) is 2.15. The van der Waals surface area contributed by atoms with Crippen LogP contribution < -0.4 is 5.73 Å². The summed E-state index contributed by atoms with van der Waals surface area (Å²) < 4.78 is 2.08. The molecule has 0 unspecified atom stereocenters. The maximum Gasteiger partial charge on any atom is 0.0641 e. The van der Waals surface area contributed by atoms with Crippen molar-refractivity contribution in [3.05, 3.63) is 17.0 Å². The minimum absolute atomic E-state index is 0.791. The molecule has 17 heavy (non-hydrogen) atoms. The number of nitrogens with zero attached hydrogens (tertiary/aromatic N) is 3. The Morgan fingerprint density at radius 2 is 2.00 bits per heavy atom. The monoisotopic (exact) mass is 238 g/mol. The second-order valence-corrected chi connectivity index (χ2v) is 4.70. The van der Waals surface area contributed by atoms with Gasteiger partial charge >= 0.3 is 0 Å². The third-order valence-corrected chi connectivity index (χ3v) is 3.25. The van der Waals surface area contributed by atoms with Gasteiger partial charge in [0.25, 0.3) is 0 Å². The molecule has 0 saturated carbocycles. The summed E-state index contributed by atoms with van der Waals surface area (Å²) in [5, 5.41) is 4.55. The van der Waals surface area contributed by atoms with Crippen LogP contribution in [0.5, 0.6) is 0 Å². The van der Waals surface area contributed by atoms with Crippen LogP contribution >= 0.6 is 0 Å². The smallest absolute Gasteiger partial charge is 0.0641 e. The van der Waals surface area contributed by atoms with Crippen molar-refractivity contribution < 1.29 is 0 Å². The normalized spacial score (nSPS) is 11.4. The fraction of sp³-hybridized carbons (Fsp3) is 0.769. The summed E-state index contributed by atoms with van der Waals surface area (Å²) in [4.78, 5) is 2.35. The van der Waals surface area contributed by atoms with Gasteiger partial charge in [-0.05, 0) is 53.8 Å². The molecule has 0 saturated heterocycles. The number of aromatic nitrogens is 2. The first-order chi connectivity index (χ1) is 8.10. The zero-order valence-electron chi connectivity index (χ0n) is 11.7. The second kappa shape index (κ2) is 6.77. The summed E-state index contributed by atoms with van der Waals surface area (Å²) in [6.07, 6.45) is 2.28. The van der Waals surface area contributed by atoms with Crippen molar-refractivity contribution in [3.8, 4) is 0 Å². The highest BCUT2D eigenvalue weighted by Crippen LogP contribution is 2.15. The minimum atomic E-state index is 0.791. The molecule has 98 valence electrons.